The Morgan fingerprint density at radius 1 is 1.35 bits per heavy atom. The summed E-state index contributed by atoms with van der Waals surface area (Å²) < 4.78 is 0. The second kappa shape index (κ2) is 6.00. The van der Waals surface area contributed by atoms with Crippen LogP contribution in [0.1, 0.15) is 44.2 Å². The van der Waals surface area contributed by atoms with Crippen molar-refractivity contribution >= 4 is 16.5 Å². The SMILES string of the molecule is CNCc1sc(N2CCN(C)C(C)(C)C2)nc1C(C)C. The van der Waals surface area contributed by atoms with Gasteiger partial charge in [-0.1, -0.05) is 13.8 Å². The molecule has 4 nitrogen and oxygen atoms in total. The van der Waals surface area contributed by atoms with Gasteiger partial charge in [0.15, 0.2) is 5.13 Å². The van der Waals surface area contributed by atoms with E-state index in [2.05, 4.69) is 49.9 Å². The molecule has 20 heavy (non-hydrogen) atoms. The van der Waals surface area contributed by atoms with Gasteiger partial charge in [-0.15, -0.1) is 11.3 Å². The Bertz CT molecular complexity index is 453. The maximum absolute atomic E-state index is 4.93. The first-order valence-electron chi connectivity index (χ1n) is 7.45. The molecule has 2 heterocycles. The fraction of sp³-hybridized carbons (Fsp3) is 0.800. The summed E-state index contributed by atoms with van der Waals surface area (Å²) in [6, 6.07) is 0. The predicted molar refractivity (Wildman–Crippen MR) is 87.9 cm³/mol. The molecule has 0 aliphatic carbocycles. The molecule has 1 aromatic rings. The predicted octanol–water partition coefficient (Wildman–Crippen LogP) is 2.52. The third-order valence-corrected chi connectivity index (χ3v) is 5.32. The number of aromatic nitrogens is 1. The third kappa shape index (κ3) is 3.15. The van der Waals surface area contributed by atoms with Crippen LogP contribution >= 0.6 is 11.3 Å². The maximum atomic E-state index is 4.93. The molecule has 1 fully saturated rings. The highest BCUT2D eigenvalue weighted by atomic mass is 32.1. The van der Waals surface area contributed by atoms with E-state index < -0.39 is 0 Å². The van der Waals surface area contributed by atoms with Crippen LogP contribution in [0, 0.1) is 0 Å². The highest BCUT2D eigenvalue weighted by molar-refractivity contribution is 7.15. The van der Waals surface area contributed by atoms with E-state index in [4.69, 9.17) is 4.98 Å². The van der Waals surface area contributed by atoms with E-state index in [0.29, 0.717) is 5.92 Å². The van der Waals surface area contributed by atoms with E-state index in [1.54, 1.807) is 0 Å². The monoisotopic (exact) mass is 296 g/mol. The van der Waals surface area contributed by atoms with Crippen LogP contribution in [-0.2, 0) is 6.54 Å². The number of thiazole rings is 1. The second-order valence-electron chi connectivity index (χ2n) is 6.65. The zero-order chi connectivity index (χ0) is 14.9. The Balaban J connectivity index is 2.23. The van der Waals surface area contributed by atoms with E-state index in [1.807, 2.05) is 18.4 Å². The lowest BCUT2D eigenvalue weighted by molar-refractivity contribution is 0.139. The minimum Gasteiger partial charge on any atom is -0.345 e. The summed E-state index contributed by atoms with van der Waals surface area (Å²) in [5, 5.41) is 4.46. The molecule has 1 N–H and O–H groups in total. The van der Waals surface area contributed by atoms with Gasteiger partial charge in [0.05, 0.1) is 5.69 Å². The Morgan fingerprint density at radius 3 is 2.60 bits per heavy atom. The van der Waals surface area contributed by atoms with Crippen LogP contribution in [0.4, 0.5) is 5.13 Å². The molecule has 5 heteroatoms. The first-order chi connectivity index (χ1) is 9.35. The average Bonchev–Trinajstić information content (AvgIpc) is 2.77. The van der Waals surface area contributed by atoms with Gasteiger partial charge in [-0.3, -0.25) is 4.90 Å². The summed E-state index contributed by atoms with van der Waals surface area (Å²) in [6.45, 7) is 13.2. The highest BCUT2D eigenvalue weighted by Crippen LogP contribution is 2.33. The average molecular weight is 296 g/mol. The lowest BCUT2D eigenvalue weighted by atomic mass is 10.0. The lowest BCUT2D eigenvalue weighted by Crippen LogP contribution is -2.57. The normalized spacial score (nSPS) is 19.9. The van der Waals surface area contributed by atoms with Crippen molar-refractivity contribution in [2.75, 3.05) is 38.6 Å². The summed E-state index contributed by atoms with van der Waals surface area (Å²) in [7, 11) is 4.22. The van der Waals surface area contributed by atoms with Gasteiger partial charge in [0, 0.05) is 36.6 Å². The van der Waals surface area contributed by atoms with Gasteiger partial charge in [-0.05, 0) is 33.9 Å². The number of hydrogen-bond acceptors (Lipinski definition) is 5. The molecule has 1 aliphatic rings. The van der Waals surface area contributed by atoms with Gasteiger partial charge in [-0.2, -0.15) is 0 Å². The molecular weight excluding hydrogens is 268 g/mol. The van der Waals surface area contributed by atoms with Gasteiger partial charge >= 0.3 is 0 Å². The molecule has 2 rings (SSSR count). The topological polar surface area (TPSA) is 31.4 Å². The molecule has 0 aromatic carbocycles. The van der Waals surface area contributed by atoms with E-state index >= 15 is 0 Å². The van der Waals surface area contributed by atoms with Crippen LogP contribution in [0.25, 0.3) is 0 Å². The third-order valence-electron chi connectivity index (χ3n) is 4.19. The lowest BCUT2D eigenvalue weighted by Gasteiger charge is -2.45. The van der Waals surface area contributed by atoms with Crippen molar-refractivity contribution in [3.05, 3.63) is 10.6 Å². The minimum atomic E-state index is 0.213. The molecular formula is C15H28N4S. The number of hydrogen-bond donors (Lipinski definition) is 1. The fourth-order valence-corrected chi connectivity index (χ4v) is 3.88. The molecule has 0 bridgehead atoms. The Labute approximate surface area is 127 Å². The summed E-state index contributed by atoms with van der Waals surface area (Å²) in [5.74, 6) is 0.490. The Kier molecular flexibility index (Phi) is 4.72. The second-order valence-corrected chi connectivity index (χ2v) is 7.71. The van der Waals surface area contributed by atoms with Crippen LogP contribution in [0.3, 0.4) is 0 Å². The molecule has 114 valence electrons. The molecule has 0 radical (unpaired) electrons. The quantitative estimate of drug-likeness (QED) is 0.925. The molecule has 1 aliphatic heterocycles. The molecule has 0 saturated carbocycles. The summed E-state index contributed by atoms with van der Waals surface area (Å²) in [6.07, 6.45) is 0. The summed E-state index contributed by atoms with van der Waals surface area (Å²) in [5.41, 5.74) is 1.47. The number of anilines is 1. The number of likely N-dealkylation sites (N-methyl/N-ethyl adjacent to an activating group) is 1. The van der Waals surface area contributed by atoms with Crippen molar-refractivity contribution in [1.29, 1.82) is 0 Å². The van der Waals surface area contributed by atoms with Gasteiger partial charge in [-0.25, -0.2) is 4.98 Å². The zero-order valence-corrected chi connectivity index (χ0v) is 14.5. The molecule has 0 amide bonds. The smallest absolute Gasteiger partial charge is 0.185 e. The number of piperazine rings is 1. The minimum absolute atomic E-state index is 0.213. The molecule has 0 atom stereocenters. The highest BCUT2D eigenvalue weighted by Gasteiger charge is 2.32. The van der Waals surface area contributed by atoms with E-state index in [-0.39, 0.29) is 5.54 Å². The first-order valence-corrected chi connectivity index (χ1v) is 8.27. The van der Waals surface area contributed by atoms with Crippen molar-refractivity contribution < 1.29 is 0 Å². The van der Waals surface area contributed by atoms with Crippen molar-refractivity contribution in [1.82, 2.24) is 15.2 Å². The number of nitrogens with zero attached hydrogens (tertiary/aromatic N) is 3. The summed E-state index contributed by atoms with van der Waals surface area (Å²) >= 11 is 1.85. The van der Waals surface area contributed by atoms with Crippen molar-refractivity contribution in [2.24, 2.45) is 0 Å². The van der Waals surface area contributed by atoms with Crippen LogP contribution < -0.4 is 10.2 Å². The van der Waals surface area contributed by atoms with Gasteiger partial charge in [0.1, 0.15) is 0 Å². The van der Waals surface area contributed by atoms with Crippen LogP contribution in [0.2, 0.25) is 0 Å². The number of nitrogens with one attached hydrogen (secondary N) is 1. The van der Waals surface area contributed by atoms with E-state index in [9.17, 15) is 0 Å². The van der Waals surface area contributed by atoms with Crippen molar-refractivity contribution in [3.8, 4) is 0 Å². The largest absolute Gasteiger partial charge is 0.345 e. The fourth-order valence-electron chi connectivity index (χ4n) is 2.63. The van der Waals surface area contributed by atoms with Gasteiger partial charge in [0.2, 0.25) is 0 Å². The van der Waals surface area contributed by atoms with Crippen LogP contribution in [0.5, 0.6) is 0 Å². The Hall–Kier alpha value is -0.650. The molecule has 1 aromatic heterocycles. The standard InChI is InChI=1S/C15H28N4S/c1-11(2)13-12(9-16-5)20-14(17-13)19-8-7-18(6)15(3,4)10-19/h11,16H,7-10H2,1-6H3. The maximum Gasteiger partial charge on any atom is 0.185 e. The molecule has 1 saturated heterocycles. The van der Waals surface area contributed by atoms with E-state index in [1.165, 1.54) is 15.7 Å². The van der Waals surface area contributed by atoms with Crippen molar-refractivity contribution in [2.45, 2.75) is 45.7 Å². The van der Waals surface area contributed by atoms with Gasteiger partial charge < -0.3 is 10.2 Å². The van der Waals surface area contributed by atoms with Gasteiger partial charge in [0.25, 0.3) is 0 Å². The first kappa shape index (κ1) is 15.7. The number of rotatable bonds is 4. The van der Waals surface area contributed by atoms with Crippen molar-refractivity contribution in [3.63, 3.8) is 0 Å². The molecule has 0 unspecified atom stereocenters. The van der Waals surface area contributed by atoms with Crippen LogP contribution in [0.15, 0.2) is 0 Å². The molecule has 0 spiro atoms. The zero-order valence-electron chi connectivity index (χ0n) is 13.7. The van der Waals surface area contributed by atoms with Crippen LogP contribution in [-0.4, -0.2) is 49.2 Å². The Morgan fingerprint density at radius 2 is 2.05 bits per heavy atom. The van der Waals surface area contributed by atoms with E-state index in [0.717, 1.165) is 26.2 Å². The summed E-state index contributed by atoms with van der Waals surface area (Å²) in [4.78, 5) is 11.2.